The fourth-order valence-electron chi connectivity index (χ4n) is 3.17. The van der Waals surface area contributed by atoms with Crippen LogP contribution in [0, 0.1) is 5.92 Å². The summed E-state index contributed by atoms with van der Waals surface area (Å²) in [4.78, 5) is 2.52. The van der Waals surface area contributed by atoms with Crippen molar-refractivity contribution in [3.63, 3.8) is 0 Å². The van der Waals surface area contributed by atoms with E-state index >= 15 is 0 Å². The van der Waals surface area contributed by atoms with Crippen molar-refractivity contribution in [3.05, 3.63) is 35.4 Å². The van der Waals surface area contributed by atoms with E-state index in [9.17, 15) is 5.11 Å². The van der Waals surface area contributed by atoms with Crippen LogP contribution >= 0.6 is 0 Å². The van der Waals surface area contributed by atoms with Gasteiger partial charge in [0.05, 0.1) is 0 Å². The molecule has 0 bridgehead atoms. The molecule has 21 heavy (non-hydrogen) atoms. The van der Waals surface area contributed by atoms with E-state index < -0.39 is 0 Å². The van der Waals surface area contributed by atoms with Crippen molar-refractivity contribution in [2.24, 2.45) is 5.92 Å². The quantitative estimate of drug-likeness (QED) is 0.895. The monoisotopic (exact) mass is 289 g/mol. The number of benzene rings is 1. The van der Waals surface area contributed by atoms with Gasteiger partial charge < -0.3 is 10.0 Å². The molecule has 0 radical (unpaired) electrons. The summed E-state index contributed by atoms with van der Waals surface area (Å²) in [5.74, 6) is 0.364. The lowest BCUT2D eigenvalue weighted by Crippen LogP contribution is -2.36. The second-order valence-corrected chi connectivity index (χ2v) is 7.56. The Morgan fingerprint density at radius 3 is 2.19 bits per heavy atom. The van der Waals surface area contributed by atoms with E-state index in [2.05, 4.69) is 49.9 Å². The summed E-state index contributed by atoms with van der Waals surface area (Å²) in [7, 11) is 0. The van der Waals surface area contributed by atoms with Gasteiger partial charge in [-0.05, 0) is 54.8 Å². The molecule has 1 atom stereocenters. The van der Waals surface area contributed by atoms with Gasteiger partial charge in [-0.1, -0.05) is 51.5 Å². The third kappa shape index (κ3) is 5.12. The molecule has 0 amide bonds. The fraction of sp³-hybridized carbons (Fsp3) is 0.684. The van der Waals surface area contributed by atoms with Crippen molar-refractivity contribution in [3.8, 4) is 0 Å². The molecule has 1 N–H and O–H groups in total. The van der Waals surface area contributed by atoms with E-state index in [4.69, 9.17) is 0 Å². The Kier molecular flexibility index (Phi) is 5.83. The van der Waals surface area contributed by atoms with Gasteiger partial charge in [0, 0.05) is 13.2 Å². The Hall–Kier alpha value is -0.860. The molecule has 1 fully saturated rings. The van der Waals surface area contributed by atoms with Crippen molar-refractivity contribution < 1.29 is 5.11 Å². The Morgan fingerprint density at radius 2 is 1.67 bits per heavy atom. The van der Waals surface area contributed by atoms with Crippen LogP contribution in [0.15, 0.2) is 24.3 Å². The highest BCUT2D eigenvalue weighted by atomic mass is 16.3. The molecule has 0 aromatic heterocycles. The first-order valence-corrected chi connectivity index (χ1v) is 8.41. The van der Waals surface area contributed by atoms with Gasteiger partial charge in [0.1, 0.15) is 0 Å². The molecule has 118 valence electrons. The molecule has 1 aromatic rings. The smallest absolute Gasteiger partial charge is 0.0474 e. The van der Waals surface area contributed by atoms with Crippen LogP contribution in [0.1, 0.15) is 51.2 Å². The zero-order valence-corrected chi connectivity index (χ0v) is 13.9. The van der Waals surface area contributed by atoms with Crippen LogP contribution < -0.4 is 0 Å². The molecular weight excluding hydrogens is 258 g/mol. The van der Waals surface area contributed by atoms with Gasteiger partial charge in [-0.2, -0.15) is 0 Å². The second-order valence-electron chi connectivity index (χ2n) is 7.56. The second kappa shape index (κ2) is 7.42. The maximum atomic E-state index is 9.68. The maximum Gasteiger partial charge on any atom is 0.0474 e. The van der Waals surface area contributed by atoms with Crippen molar-refractivity contribution in [1.29, 1.82) is 0 Å². The summed E-state index contributed by atoms with van der Waals surface area (Å²) < 4.78 is 0. The molecule has 1 unspecified atom stereocenters. The third-order valence-electron chi connectivity index (χ3n) is 4.57. The summed E-state index contributed by atoms with van der Waals surface area (Å²) >= 11 is 0. The number of piperidine rings is 1. The van der Waals surface area contributed by atoms with Crippen LogP contribution in [-0.4, -0.2) is 36.2 Å². The van der Waals surface area contributed by atoms with Crippen molar-refractivity contribution in [1.82, 2.24) is 4.90 Å². The number of aliphatic hydroxyl groups excluding tert-OH is 1. The first kappa shape index (κ1) is 16.5. The van der Waals surface area contributed by atoms with Gasteiger partial charge in [0.2, 0.25) is 0 Å². The van der Waals surface area contributed by atoms with Crippen LogP contribution in [-0.2, 0) is 11.8 Å². The van der Waals surface area contributed by atoms with Crippen LogP contribution in [0.2, 0.25) is 0 Å². The molecule has 1 heterocycles. The highest BCUT2D eigenvalue weighted by Gasteiger charge is 2.17. The van der Waals surface area contributed by atoms with E-state index in [1.54, 1.807) is 0 Å². The number of hydrogen-bond donors (Lipinski definition) is 1. The van der Waals surface area contributed by atoms with Gasteiger partial charge in [-0.25, -0.2) is 0 Å². The average Bonchev–Trinajstić information content (AvgIpc) is 2.47. The maximum absolute atomic E-state index is 9.68. The minimum atomic E-state index is 0.211. The molecule has 2 rings (SSSR count). The standard InChI is InChI=1S/C19H31NO/c1-19(2,3)18-9-7-16(8-10-18)13-17(15-21)14-20-11-5-4-6-12-20/h7-10,17,21H,4-6,11-15H2,1-3H3. The molecule has 0 spiro atoms. The first-order valence-electron chi connectivity index (χ1n) is 8.41. The van der Waals surface area contributed by atoms with E-state index in [1.807, 2.05) is 0 Å². The number of nitrogens with zero attached hydrogens (tertiary/aromatic N) is 1. The van der Waals surface area contributed by atoms with Gasteiger partial charge >= 0.3 is 0 Å². The van der Waals surface area contributed by atoms with Gasteiger partial charge in [-0.15, -0.1) is 0 Å². The summed E-state index contributed by atoms with van der Waals surface area (Å²) in [5, 5.41) is 9.68. The van der Waals surface area contributed by atoms with Crippen LogP contribution in [0.3, 0.4) is 0 Å². The van der Waals surface area contributed by atoms with Gasteiger partial charge in [-0.3, -0.25) is 0 Å². The zero-order valence-electron chi connectivity index (χ0n) is 13.9. The molecule has 2 heteroatoms. The Morgan fingerprint density at radius 1 is 1.05 bits per heavy atom. The average molecular weight is 289 g/mol. The Bertz CT molecular complexity index is 412. The number of aliphatic hydroxyl groups is 1. The van der Waals surface area contributed by atoms with Crippen LogP contribution in [0.4, 0.5) is 0 Å². The molecule has 1 aromatic carbocycles. The molecular formula is C19H31NO. The summed E-state index contributed by atoms with van der Waals surface area (Å²) in [6.45, 7) is 10.5. The number of likely N-dealkylation sites (tertiary alicyclic amines) is 1. The lowest BCUT2D eigenvalue weighted by Gasteiger charge is -2.30. The van der Waals surface area contributed by atoms with Gasteiger partial charge in [0.15, 0.2) is 0 Å². The van der Waals surface area contributed by atoms with Gasteiger partial charge in [0.25, 0.3) is 0 Å². The summed E-state index contributed by atoms with van der Waals surface area (Å²) in [6.07, 6.45) is 4.99. The summed E-state index contributed by atoms with van der Waals surface area (Å²) in [6, 6.07) is 8.95. The highest BCUT2D eigenvalue weighted by Crippen LogP contribution is 2.23. The largest absolute Gasteiger partial charge is 0.396 e. The van der Waals surface area contributed by atoms with Crippen molar-refractivity contribution >= 4 is 0 Å². The normalized spacial score (nSPS) is 18.7. The predicted octanol–water partition coefficient (Wildman–Crippen LogP) is 3.62. The zero-order chi connectivity index (χ0) is 15.3. The van der Waals surface area contributed by atoms with E-state index in [0.717, 1.165) is 13.0 Å². The number of hydrogen-bond acceptors (Lipinski definition) is 2. The molecule has 2 nitrogen and oxygen atoms in total. The molecule has 1 saturated heterocycles. The third-order valence-corrected chi connectivity index (χ3v) is 4.57. The summed E-state index contributed by atoms with van der Waals surface area (Å²) in [5.41, 5.74) is 2.93. The Labute approximate surface area is 130 Å². The van der Waals surface area contributed by atoms with Crippen molar-refractivity contribution in [2.75, 3.05) is 26.2 Å². The predicted molar refractivity (Wildman–Crippen MR) is 89.7 cm³/mol. The number of rotatable bonds is 5. The van der Waals surface area contributed by atoms with E-state index in [0.29, 0.717) is 5.92 Å². The fourth-order valence-corrected chi connectivity index (χ4v) is 3.17. The molecule has 1 aliphatic heterocycles. The van der Waals surface area contributed by atoms with Crippen LogP contribution in [0.5, 0.6) is 0 Å². The minimum Gasteiger partial charge on any atom is -0.396 e. The lowest BCUT2D eigenvalue weighted by atomic mass is 9.86. The van der Waals surface area contributed by atoms with Crippen LogP contribution in [0.25, 0.3) is 0 Å². The SMILES string of the molecule is CC(C)(C)c1ccc(CC(CO)CN2CCCCC2)cc1. The van der Waals surface area contributed by atoms with E-state index in [-0.39, 0.29) is 12.0 Å². The van der Waals surface area contributed by atoms with Crippen molar-refractivity contribution in [2.45, 2.75) is 51.9 Å². The molecule has 0 saturated carbocycles. The van der Waals surface area contributed by atoms with E-state index in [1.165, 1.54) is 43.5 Å². The minimum absolute atomic E-state index is 0.211. The topological polar surface area (TPSA) is 23.5 Å². The highest BCUT2D eigenvalue weighted by molar-refractivity contribution is 5.27. The first-order chi connectivity index (χ1) is 9.99. The molecule has 1 aliphatic rings. The Balaban J connectivity index is 1.91. The lowest BCUT2D eigenvalue weighted by molar-refractivity contribution is 0.146. The molecule has 0 aliphatic carbocycles.